The number of thiophene rings is 1. The van der Waals surface area contributed by atoms with Gasteiger partial charge < -0.3 is 14.6 Å². The number of allylic oxidation sites excluding steroid dienone is 6. The fourth-order valence-corrected chi connectivity index (χ4v) is 19.1. The van der Waals surface area contributed by atoms with Gasteiger partial charge >= 0.3 is 0 Å². The zero-order valence-electron chi connectivity index (χ0n) is 52.5. The molecule has 2 fully saturated rings. The van der Waals surface area contributed by atoms with E-state index in [1.54, 1.807) is 51.3 Å². The number of sulfonamides is 3. The van der Waals surface area contributed by atoms with E-state index in [1.807, 2.05) is 67.1 Å². The van der Waals surface area contributed by atoms with Crippen LogP contribution in [0.1, 0.15) is 102 Å². The predicted octanol–water partition coefficient (Wildman–Crippen LogP) is 14.4. The highest BCUT2D eigenvalue weighted by Gasteiger charge is 2.34. The molecular formula is C73H81BrFN5O8S4. The summed E-state index contributed by atoms with van der Waals surface area (Å²) >= 11 is 5.04. The topological polar surface area (TPSA) is 157 Å². The number of rotatable bonds is 14. The van der Waals surface area contributed by atoms with Crippen LogP contribution in [0.3, 0.4) is 0 Å². The summed E-state index contributed by atoms with van der Waals surface area (Å²) in [6, 6.07) is 39.2. The van der Waals surface area contributed by atoms with E-state index in [4.69, 9.17) is 4.74 Å². The minimum absolute atomic E-state index is 0.204. The molecule has 3 aliphatic carbocycles. The van der Waals surface area contributed by atoms with Gasteiger partial charge in [-0.25, -0.2) is 29.6 Å². The maximum atomic E-state index is 13.3. The Balaban J connectivity index is 0.000000126. The molecule has 0 atom stereocenters. The van der Waals surface area contributed by atoms with E-state index in [2.05, 4.69) is 98.6 Å². The van der Waals surface area contributed by atoms with Gasteiger partial charge in [0.15, 0.2) is 0 Å². The van der Waals surface area contributed by atoms with Gasteiger partial charge in [-0.15, -0.1) is 11.3 Å². The first kappa shape index (κ1) is 66.9. The van der Waals surface area contributed by atoms with Crippen LogP contribution in [0.15, 0.2) is 178 Å². The fourth-order valence-electron chi connectivity index (χ4n) is 13.6. The number of aromatic amines is 1. The first-order valence-electron chi connectivity index (χ1n) is 32.0. The number of H-pyrrole nitrogens is 1. The summed E-state index contributed by atoms with van der Waals surface area (Å²) in [5.41, 5.74) is 16.3. The Morgan fingerprint density at radius 2 is 1.26 bits per heavy atom. The molecule has 5 aromatic carbocycles. The number of methoxy groups -OCH3 is 1. The standard InChI is InChI=1S/C20H20BrNO2S.C20H21NOS.C18H22FNO2S.C15H18N2O3S/c21-19-7-3-4-8-20(19)25(23,24)22-13-11-16(12-14-22)18-10-9-15-5-1-2-6-17(15)18;22-20(14-17-5-3-13-23-17)21-11-9-16(10-12-21)19-8-7-15-4-1-2-6-18(15)19;1-2-3-12-23(21,22)20-10-8-14(9-11-20)17-6-4-15-13-16(19)5-7-18(15)17;1-20-12-3-4-15-13(9-12)14(10-16-15)11-5-7-17(8-6-11)21(2,18)19/h1-8,10,16H,9,11-14H2;1-6,8,13,16H,7,9-12,14H2;5-8,13H,2-4,9-12H2,1H3;3-5,9-10,16H,6-8H2,1-2H3. The van der Waals surface area contributed by atoms with Gasteiger partial charge in [0.25, 0.3) is 0 Å². The number of unbranched alkanes of at least 4 members (excludes halogenated alkanes) is 1. The molecule has 13 nitrogen and oxygen atoms in total. The van der Waals surface area contributed by atoms with Crippen LogP contribution in [0.2, 0.25) is 0 Å². The molecule has 2 saturated heterocycles. The number of benzene rings is 5. The van der Waals surface area contributed by atoms with Gasteiger partial charge in [-0.1, -0.05) is 117 Å². The quantitative estimate of drug-likeness (QED) is 0.113. The van der Waals surface area contributed by atoms with E-state index in [0.29, 0.717) is 79.7 Å². The number of piperidine rings is 2. The molecule has 0 bridgehead atoms. The molecule has 1 N–H and O–H groups in total. The number of likely N-dealkylation sites (tertiary alicyclic amines) is 1. The van der Waals surface area contributed by atoms with E-state index < -0.39 is 30.1 Å². The van der Waals surface area contributed by atoms with Crippen molar-refractivity contribution in [2.45, 2.75) is 88.9 Å². The Kier molecular flexibility index (Phi) is 21.7. The largest absolute Gasteiger partial charge is 0.497 e. The molecule has 0 unspecified atom stereocenters. The zero-order chi connectivity index (χ0) is 64.6. The van der Waals surface area contributed by atoms with Crippen molar-refractivity contribution in [2.75, 3.05) is 71.5 Å². The first-order chi connectivity index (χ1) is 44.4. The number of halogens is 2. The predicted molar refractivity (Wildman–Crippen MR) is 374 cm³/mol. The van der Waals surface area contributed by atoms with E-state index >= 15 is 0 Å². The van der Waals surface area contributed by atoms with Gasteiger partial charge in [-0.2, -0.15) is 12.9 Å². The van der Waals surface area contributed by atoms with Gasteiger partial charge in [0, 0.05) is 84.4 Å². The van der Waals surface area contributed by atoms with Crippen LogP contribution in [0, 0.1) is 17.7 Å². The third-order valence-corrected chi connectivity index (χ3v) is 25.7. The summed E-state index contributed by atoms with van der Waals surface area (Å²) in [7, 11) is -8.03. The number of aromatic nitrogens is 1. The van der Waals surface area contributed by atoms with Crippen molar-refractivity contribution < 1.29 is 39.2 Å². The number of amides is 1. The van der Waals surface area contributed by atoms with E-state index in [-0.39, 0.29) is 17.5 Å². The lowest BCUT2D eigenvalue weighted by molar-refractivity contribution is -0.131. The van der Waals surface area contributed by atoms with E-state index in [1.165, 1.54) is 66.1 Å². The Morgan fingerprint density at radius 1 is 0.641 bits per heavy atom. The van der Waals surface area contributed by atoms with Crippen LogP contribution >= 0.6 is 27.3 Å². The monoisotopic (exact) mass is 1380 g/mol. The molecule has 0 saturated carbocycles. The van der Waals surface area contributed by atoms with Gasteiger partial charge in [0.05, 0.1) is 30.4 Å². The smallest absolute Gasteiger partial charge is 0.244 e. The first-order valence-corrected chi connectivity index (χ1v) is 38.5. The van der Waals surface area contributed by atoms with Crippen molar-refractivity contribution in [3.05, 3.63) is 223 Å². The summed E-state index contributed by atoms with van der Waals surface area (Å²) in [6.07, 6.45) is 24.4. The second-order valence-electron chi connectivity index (χ2n) is 24.4. The maximum absolute atomic E-state index is 13.3. The normalized spacial score (nSPS) is 18.1. The molecule has 2 aromatic heterocycles. The average Bonchev–Trinajstić information content (AvgIpc) is 1.49. The van der Waals surface area contributed by atoms with Crippen molar-refractivity contribution in [3.63, 3.8) is 0 Å². The van der Waals surface area contributed by atoms with E-state index in [0.717, 1.165) is 110 Å². The molecule has 19 heteroatoms. The van der Waals surface area contributed by atoms with Crippen LogP contribution in [-0.4, -0.2) is 125 Å². The fraction of sp³-hybridized carbons (Fsp3) is 0.356. The molecule has 1 amide bonds. The van der Waals surface area contributed by atoms with Crippen molar-refractivity contribution in [1.82, 2.24) is 22.8 Å². The molecule has 0 radical (unpaired) electrons. The number of hydrogen-bond acceptors (Lipinski definition) is 9. The minimum Gasteiger partial charge on any atom is -0.497 e. The second kappa shape index (κ2) is 29.8. The lowest BCUT2D eigenvalue weighted by Gasteiger charge is -2.33. The van der Waals surface area contributed by atoms with Gasteiger partial charge in [-0.3, -0.25) is 4.79 Å². The van der Waals surface area contributed by atoms with Crippen LogP contribution in [0.4, 0.5) is 4.39 Å². The zero-order valence-corrected chi connectivity index (χ0v) is 57.4. The van der Waals surface area contributed by atoms with Crippen LogP contribution in [0.25, 0.3) is 33.2 Å². The maximum Gasteiger partial charge on any atom is 0.244 e. The lowest BCUT2D eigenvalue weighted by Crippen LogP contribution is -2.39. The van der Waals surface area contributed by atoms with Gasteiger partial charge in [-0.05, 0) is 207 Å². The average molecular weight is 1380 g/mol. The summed E-state index contributed by atoms with van der Waals surface area (Å²) < 4.78 is 97.3. The summed E-state index contributed by atoms with van der Waals surface area (Å²) in [5.74, 6) is 2.20. The molecule has 4 aliphatic heterocycles. The molecule has 0 spiro atoms. The third-order valence-electron chi connectivity index (χ3n) is 18.7. The molecular weight excluding hydrogens is 1300 g/mol. The number of ether oxygens (including phenoxy) is 1. The Bertz CT molecular complexity index is 4330. The molecule has 484 valence electrons. The molecule has 14 rings (SSSR count). The second-order valence-corrected chi connectivity index (χ2v) is 32.3. The van der Waals surface area contributed by atoms with Crippen LogP contribution in [0.5, 0.6) is 5.75 Å². The molecule has 92 heavy (non-hydrogen) atoms. The lowest BCUT2D eigenvalue weighted by atomic mass is 9.86. The Hall–Kier alpha value is -6.55. The van der Waals surface area contributed by atoms with Crippen LogP contribution < -0.4 is 4.74 Å². The number of carbonyl (C=O) groups excluding carboxylic acids is 1. The van der Waals surface area contributed by atoms with Gasteiger partial charge in [0.1, 0.15) is 11.6 Å². The molecule has 7 aromatic rings. The minimum atomic E-state index is -3.43. The Labute approximate surface area is 555 Å². The molecule has 7 aliphatic rings. The number of carbonyl (C=O) groups is 1. The molecule has 6 heterocycles. The number of hydrogen-bond donors (Lipinski definition) is 1. The highest BCUT2D eigenvalue weighted by atomic mass is 79.9. The van der Waals surface area contributed by atoms with Crippen LogP contribution in [-0.2, 0) is 60.5 Å². The van der Waals surface area contributed by atoms with Crippen molar-refractivity contribution in [3.8, 4) is 5.75 Å². The van der Waals surface area contributed by atoms with Crippen molar-refractivity contribution in [2.24, 2.45) is 11.8 Å². The number of nitrogens with zero attached hydrogens (tertiary/aromatic N) is 4. The third kappa shape index (κ3) is 15.6. The number of nitrogens with one attached hydrogen (secondary N) is 1. The van der Waals surface area contributed by atoms with Crippen molar-refractivity contribution >= 4 is 96.4 Å². The number of fused-ring (bicyclic) bond motifs is 4. The van der Waals surface area contributed by atoms with E-state index in [9.17, 15) is 34.4 Å². The summed E-state index contributed by atoms with van der Waals surface area (Å²) in [4.78, 5) is 19.2. The summed E-state index contributed by atoms with van der Waals surface area (Å²) in [6.45, 7) is 6.88. The Morgan fingerprint density at radius 3 is 1.87 bits per heavy atom. The van der Waals surface area contributed by atoms with Crippen molar-refractivity contribution in [1.29, 1.82) is 0 Å². The van der Waals surface area contributed by atoms with Gasteiger partial charge in [0.2, 0.25) is 36.0 Å². The summed E-state index contributed by atoms with van der Waals surface area (Å²) in [5, 5.41) is 3.15. The highest BCUT2D eigenvalue weighted by Crippen LogP contribution is 2.41. The SMILES string of the molecule is CCCCS(=O)(=O)N1CC=C(C2=CCc3cc(F)ccc32)CC1.COc1ccc2[nH]cc(C3=CCN(S(C)(=O)=O)CC3)c2c1.O=C(Cc1cccs1)N1CCC(C2=CCc3ccccc32)CC1.O=S(=O)(c1ccccc1Br)N1CCC(C2=CCc3ccccc32)CC1. The highest BCUT2D eigenvalue weighted by molar-refractivity contribution is 9.10.